The third kappa shape index (κ3) is 4.36. The Labute approximate surface area is 188 Å². The van der Waals surface area contributed by atoms with Gasteiger partial charge in [0.1, 0.15) is 12.3 Å². The zero-order valence-corrected chi connectivity index (χ0v) is 18.6. The molecule has 7 nitrogen and oxygen atoms in total. The molecule has 4 aromatic rings. The van der Waals surface area contributed by atoms with Crippen LogP contribution in [0.3, 0.4) is 0 Å². The van der Waals surface area contributed by atoms with Crippen LogP contribution in [0, 0.1) is 6.92 Å². The van der Waals surface area contributed by atoms with E-state index >= 15 is 0 Å². The number of benzene rings is 2. The fraction of sp³-hybridized carbons (Fsp3) is 0.208. The molecule has 164 valence electrons. The number of para-hydroxylation sites is 1. The lowest BCUT2D eigenvalue weighted by molar-refractivity contribution is -0.116. The molecule has 0 fully saturated rings. The SMILES string of the molecule is COc1ccc(C)cc1NC(=O)Cn1c(=O)n(CCc2cccs2)c(=O)c2ccccc21. The number of fused-ring (bicyclic) bond motifs is 1. The smallest absolute Gasteiger partial charge is 0.331 e. The Bertz CT molecular complexity index is 1390. The van der Waals surface area contributed by atoms with Gasteiger partial charge in [-0.05, 0) is 54.6 Å². The summed E-state index contributed by atoms with van der Waals surface area (Å²) in [6.07, 6.45) is 0.567. The molecule has 0 unspecified atom stereocenters. The molecular weight excluding hydrogens is 426 g/mol. The second-order valence-corrected chi connectivity index (χ2v) is 8.46. The first kappa shape index (κ1) is 21.6. The summed E-state index contributed by atoms with van der Waals surface area (Å²) in [5.74, 6) is 0.145. The van der Waals surface area contributed by atoms with Gasteiger partial charge in [-0.1, -0.05) is 24.3 Å². The number of nitrogens with one attached hydrogen (secondary N) is 1. The summed E-state index contributed by atoms with van der Waals surface area (Å²) in [6.45, 7) is 1.93. The highest BCUT2D eigenvalue weighted by molar-refractivity contribution is 7.09. The van der Waals surface area contributed by atoms with Crippen molar-refractivity contribution in [3.8, 4) is 5.75 Å². The Morgan fingerprint density at radius 1 is 1.06 bits per heavy atom. The van der Waals surface area contributed by atoms with Crippen LogP contribution in [0.1, 0.15) is 10.4 Å². The molecule has 2 heterocycles. The van der Waals surface area contributed by atoms with E-state index in [0.29, 0.717) is 28.8 Å². The third-order valence-electron chi connectivity index (χ3n) is 5.22. The van der Waals surface area contributed by atoms with E-state index in [4.69, 9.17) is 4.74 Å². The van der Waals surface area contributed by atoms with Gasteiger partial charge in [0.15, 0.2) is 0 Å². The lowest BCUT2D eigenvalue weighted by Crippen LogP contribution is -2.42. The maximum Gasteiger partial charge on any atom is 0.331 e. The van der Waals surface area contributed by atoms with Crippen LogP contribution in [0.15, 0.2) is 69.6 Å². The van der Waals surface area contributed by atoms with Crippen LogP contribution >= 0.6 is 11.3 Å². The van der Waals surface area contributed by atoms with E-state index in [2.05, 4.69) is 5.32 Å². The number of thiophene rings is 1. The average molecular weight is 450 g/mol. The van der Waals surface area contributed by atoms with Gasteiger partial charge < -0.3 is 10.1 Å². The highest BCUT2D eigenvalue weighted by Crippen LogP contribution is 2.25. The van der Waals surface area contributed by atoms with Crippen LogP contribution in [-0.2, 0) is 24.3 Å². The molecule has 0 aliphatic rings. The molecule has 0 bridgehead atoms. The largest absolute Gasteiger partial charge is 0.495 e. The van der Waals surface area contributed by atoms with Gasteiger partial charge in [-0.15, -0.1) is 11.3 Å². The monoisotopic (exact) mass is 449 g/mol. The molecule has 0 saturated carbocycles. The predicted molar refractivity (Wildman–Crippen MR) is 127 cm³/mol. The van der Waals surface area contributed by atoms with Crippen molar-refractivity contribution in [1.82, 2.24) is 9.13 Å². The number of amides is 1. The average Bonchev–Trinajstić information content (AvgIpc) is 3.30. The van der Waals surface area contributed by atoms with Crippen molar-refractivity contribution >= 4 is 33.8 Å². The molecule has 8 heteroatoms. The van der Waals surface area contributed by atoms with Gasteiger partial charge in [-0.25, -0.2) is 4.79 Å². The van der Waals surface area contributed by atoms with E-state index < -0.39 is 5.69 Å². The Morgan fingerprint density at radius 2 is 1.88 bits per heavy atom. The van der Waals surface area contributed by atoms with E-state index in [1.807, 2.05) is 30.5 Å². The van der Waals surface area contributed by atoms with E-state index in [0.717, 1.165) is 10.4 Å². The lowest BCUT2D eigenvalue weighted by Gasteiger charge is -2.15. The quantitative estimate of drug-likeness (QED) is 0.469. The zero-order chi connectivity index (χ0) is 22.7. The number of nitrogens with zero attached hydrogens (tertiary/aromatic N) is 2. The Hall–Kier alpha value is -3.65. The van der Waals surface area contributed by atoms with E-state index in [1.54, 1.807) is 47.7 Å². The molecule has 32 heavy (non-hydrogen) atoms. The number of methoxy groups -OCH3 is 1. The number of aromatic nitrogens is 2. The predicted octanol–water partition coefficient (Wildman–Crippen LogP) is 3.42. The summed E-state index contributed by atoms with van der Waals surface area (Å²) < 4.78 is 7.88. The summed E-state index contributed by atoms with van der Waals surface area (Å²) in [7, 11) is 1.53. The fourth-order valence-corrected chi connectivity index (χ4v) is 4.35. The van der Waals surface area contributed by atoms with E-state index in [9.17, 15) is 14.4 Å². The van der Waals surface area contributed by atoms with Crippen LogP contribution in [-0.4, -0.2) is 22.2 Å². The number of aryl methyl sites for hydroxylation is 2. The van der Waals surface area contributed by atoms with Gasteiger partial charge in [0, 0.05) is 11.4 Å². The minimum Gasteiger partial charge on any atom is -0.495 e. The second kappa shape index (κ2) is 9.23. The zero-order valence-electron chi connectivity index (χ0n) is 17.8. The lowest BCUT2D eigenvalue weighted by atomic mass is 10.2. The first-order chi connectivity index (χ1) is 15.5. The van der Waals surface area contributed by atoms with Crippen LogP contribution in [0.4, 0.5) is 5.69 Å². The molecule has 2 aromatic carbocycles. The number of hydrogen-bond donors (Lipinski definition) is 1. The molecule has 1 N–H and O–H groups in total. The molecule has 0 atom stereocenters. The highest BCUT2D eigenvalue weighted by Gasteiger charge is 2.16. The van der Waals surface area contributed by atoms with Crippen LogP contribution in [0.5, 0.6) is 5.75 Å². The Morgan fingerprint density at radius 3 is 2.62 bits per heavy atom. The molecule has 2 aromatic heterocycles. The van der Waals surface area contributed by atoms with Gasteiger partial charge in [0.05, 0.1) is 23.7 Å². The van der Waals surface area contributed by atoms with Gasteiger partial charge in [0.25, 0.3) is 5.56 Å². The summed E-state index contributed by atoms with van der Waals surface area (Å²) in [5, 5.41) is 5.18. The normalized spacial score (nSPS) is 10.9. The first-order valence-electron chi connectivity index (χ1n) is 10.2. The molecular formula is C24H23N3O4S. The number of carbonyl (C=O) groups is 1. The van der Waals surface area contributed by atoms with Crippen LogP contribution in [0.2, 0.25) is 0 Å². The van der Waals surface area contributed by atoms with Gasteiger partial charge in [-0.2, -0.15) is 0 Å². The molecule has 0 aliphatic heterocycles. The first-order valence-corrected chi connectivity index (χ1v) is 11.0. The molecule has 0 aliphatic carbocycles. The van der Waals surface area contributed by atoms with Gasteiger partial charge >= 0.3 is 5.69 Å². The summed E-state index contributed by atoms with van der Waals surface area (Å²) >= 11 is 1.58. The third-order valence-corrected chi connectivity index (χ3v) is 6.16. The molecule has 0 radical (unpaired) electrons. The minimum absolute atomic E-state index is 0.226. The highest BCUT2D eigenvalue weighted by atomic mass is 32.1. The maximum atomic E-state index is 13.3. The minimum atomic E-state index is -0.503. The Balaban J connectivity index is 1.70. The van der Waals surface area contributed by atoms with Crippen LogP contribution < -0.4 is 21.3 Å². The fourth-order valence-electron chi connectivity index (χ4n) is 3.65. The summed E-state index contributed by atoms with van der Waals surface area (Å²) in [4.78, 5) is 40.2. The second-order valence-electron chi connectivity index (χ2n) is 7.42. The number of ether oxygens (including phenoxy) is 1. The van der Waals surface area contributed by atoms with Crippen molar-refractivity contribution in [3.63, 3.8) is 0 Å². The van der Waals surface area contributed by atoms with Crippen molar-refractivity contribution in [2.75, 3.05) is 12.4 Å². The van der Waals surface area contributed by atoms with Gasteiger partial charge in [-0.3, -0.25) is 18.7 Å². The maximum absolute atomic E-state index is 13.3. The van der Waals surface area contributed by atoms with Crippen molar-refractivity contribution in [1.29, 1.82) is 0 Å². The standard InChI is InChI=1S/C24H23N3O4S/c1-16-9-10-21(31-2)19(14-16)25-22(28)15-27-20-8-4-3-7-18(20)23(29)26(24(27)30)12-11-17-6-5-13-32-17/h3-10,13-14H,11-12,15H2,1-2H3,(H,25,28). The van der Waals surface area contributed by atoms with Crippen molar-refractivity contribution < 1.29 is 9.53 Å². The van der Waals surface area contributed by atoms with Crippen molar-refractivity contribution in [2.45, 2.75) is 26.4 Å². The molecule has 4 rings (SSSR count). The number of rotatable bonds is 7. The van der Waals surface area contributed by atoms with E-state index in [-0.39, 0.29) is 24.6 Å². The summed E-state index contributed by atoms with van der Waals surface area (Å²) in [5.41, 5.74) is 1.07. The van der Waals surface area contributed by atoms with Gasteiger partial charge in [0.2, 0.25) is 5.91 Å². The number of anilines is 1. The number of hydrogen-bond acceptors (Lipinski definition) is 5. The summed E-state index contributed by atoms with van der Waals surface area (Å²) in [6, 6.07) is 16.2. The molecule has 1 amide bonds. The van der Waals surface area contributed by atoms with Crippen molar-refractivity contribution in [2.24, 2.45) is 0 Å². The topological polar surface area (TPSA) is 82.3 Å². The molecule has 0 spiro atoms. The Kier molecular flexibility index (Phi) is 6.23. The van der Waals surface area contributed by atoms with Crippen LogP contribution in [0.25, 0.3) is 10.9 Å². The van der Waals surface area contributed by atoms with Crippen molar-refractivity contribution in [3.05, 3.63) is 91.3 Å². The number of carbonyl (C=O) groups excluding carboxylic acids is 1. The van der Waals surface area contributed by atoms with E-state index in [1.165, 1.54) is 16.2 Å². The molecule has 0 saturated heterocycles.